The van der Waals surface area contributed by atoms with Crippen LogP contribution in [0, 0.1) is 0 Å². The number of pyridine rings is 1. The summed E-state index contributed by atoms with van der Waals surface area (Å²) in [5.74, 6) is 0.789. The molecule has 0 saturated heterocycles. The highest BCUT2D eigenvalue weighted by atomic mass is 35.5. The molecule has 1 aromatic heterocycles. The van der Waals surface area contributed by atoms with Crippen molar-refractivity contribution < 1.29 is 0 Å². The van der Waals surface area contributed by atoms with Gasteiger partial charge in [-0.15, -0.1) is 0 Å². The van der Waals surface area contributed by atoms with Crippen LogP contribution in [0.4, 0.5) is 5.82 Å². The molecular weight excluding hydrogens is 222 g/mol. The van der Waals surface area contributed by atoms with Crippen molar-refractivity contribution in [1.82, 2.24) is 9.88 Å². The number of nitrogens with one attached hydrogen (secondary N) is 1. The maximum atomic E-state index is 6.06. The molecule has 1 saturated carbocycles. The molecule has 0 spiro atoms. The van der Waals surface area contributed by atoms with Crippen LogP contribution < -0.4 is 5.32 Å². The Bertz CT molecular complexity index is 361. The van der Waals surface area contributed by atoms with Gasteiger partial charge < -0.3 is 10.2 Å². The monoisotopic (exact) mass is 239 g/mol. The SMILES string of the molecule is CN(C)C1(CNc2ncccc2Cl)CCC1. The lowest BCUT2D eigenvalue weighted by atomic mass is 9.75. The van der Waals surface area contributed by atoms with Gasteiger partial charge in [-0.2, -0.15) is 0 Å². The quantitative estimate of drug-likeness (QED) is 0.876. The van der Waals surface area contributed by atoms with E-state index in [1.807, 2.05) is 12.1 Å². The van der Waals surface area contributed by atoms with E-state index in [1.165, 1.54) is 19.3 Å². The van der Waals surface area contributed by atoms with Crippen LogP contribution in [-0.2, 0) is 0 Å². The molecule has 1 fully saturated rings. The Hall–Kier alpha value is -0.800. The molecule has 1 heterocycles. The average Bonchev–Trinajstić information content (AvgIpc) is 2.18. The first-order valence-corrected chi connectivity index (χ1v) is 6.04. The number of rotatable bonds is 4. The van der Waals surface area contributed by atoms with Crippen LogP contribution in [0.25, 0.3) is 0 Å². The topological polar surface area (TPSA) is 28.2 Å². The number of nitrogens with zero attached hydrogens (tertiary/aromatic N) is 2. The molecule has 0 radical (unpaired) electrons. The molecule has 0 aromatic carbocycles. The van der Waals surface area contributed by atoms with Gasteiger partial charge in [0.05, 0.1) is 5.02 Å². The molecule has 0 bridgehead atoms. The van der Waals surface area contributed by atoms with Crippen LogP contribution in [-0.4, -0.2) is 36.1 Å². The van der Waals surface area contributed by atoms with E-state index in [4.69, 9.17) is 11.6 Å². The summed E-state index contributed by atoms with van der Waals surface area (Å²) < 4.78 is 0. The first-order valence-electron chi connectivity index (χ1n) is 5.66. The first kappa shape index (κ1) is 11.7. The summed E-state index contributed by atoms with van der Waals surface area (Å²) in [7, 11) is 4.28. The number of halogens is 1. The van der Waals surface area contributed by atoms with Crippen molar-refractivity contribution in [3.63, 3.8) is 0 Å². The van der Waals surface area contributed by atoms with Gasteiger partial charge in [0.2, 0.25) is 0 Å². The molecule has 0 amide bonds. The Kier molecular flexibility index (Phi) is 3.36. The Balaban J connectivity index is 1.99. The van der Waals surface area contributed by atoms with E-state index in [-0.39, 0.29) is 0 Å². The highest BCUT2D eigenvalue weighted by Gasteiger charge is 2.38. The predicted molar refractivity (Wildman–Crippen MR) is 68.0 cm³/mol. The zero-order valence-corrected chi connectivity index (χ0v) is 10.6. The van der Waals surface area contributed by atoms with Crippen LogP contribution in [0.15, 0.2) is 18.3 Å². The molecule has 4 heteroatoms. The van der Waals surface area contributed by atoms with Crippen LogP contribution in [0.2, 0.25) is 5.02 Å². The standard InChI is InChI=1S/C12H18ClN3/c1-16(2)12(6-4-7-12)9-15-11-10(13)5-3-8-14-11/h3,5,8H,4,6-7,9H2,1-2H3,(H,14,15). The molecule has 88 valence electrons. The third-order valence-electron chi connectivity index (χ3n) is 3.58. The van der Waals surface area contributed by atoms with Crippen LogP contribution >= 0.6 is 11.6 Å². The highest BCUT2D eigenvalue weighted by Crippen LogP contribution is 2.36. The zero-order chi connectivity index (χ0) is 11.6. The minimum absolute atomic E-state index is 0.293. The molecule has 0 atom stereocenters. The fourth-order valence-corrected chi connectivity index (χ4v) is 2.32. The molecule has 0 aliphatic heterocycles. The Labute approximate surface area is 102 Å². The normalized spacial score (nSPS) is 18.2. The van der Waals surface area contributed by atoms with Crippen molar-refractivity contribution in [3.8, 4) is 0 Å². The lowest BCUT2D eigenvalue weighted by molar-refractivity contribution is 0.0738. The van der Waals surface area contributed by atoms with Gasteiger partial charge in [-0.05, 0) is 45.5 Å². The van der Waals surface area contributed by atoms with Gasteiger partial charge >= 0.3 is 0 Å². The first-order chi connectivity index (χ1) is 7.64. The molecule has 3 nitrogen and oxygen atoms in total. The van der Waals surface area contributed by atoms with Crippen LogP contribution in [0.5, 0.6) is 0 Å². The summed E-state index contributed by atoms with van der Waals surface area (Å²) in [6, 6.07) is 3.71. The second-order valence-corrected chi connectivity index (χ2v) is 5.07. The maximum absolute atomic E-state index is 6.06. The Morgan fingerprint density at radius 2 is 2.25 bits per heavy atom. The third kappa shape index (κ3) is 2.15. The molecule has 2 rings (SSSR count). The lowest BCUT2D eigenvalue weighted by Crippen LogP contribution is -2.54. The van der Waals surface area contributed by atoms with Crippen LogP contribution in [0.3, 0.4) is 0 Å². The van der Waals surface area contributed by atoms with Gasteiger partial charge in [-0.1, -0.05) is 11.6 Å². The summed E-state index contributed by atoms with van der Waals surface area (Å²) in [6.07, 6.45) is 5.57. The summed E-state index contributed by atoms with van der Waals surface area (Å²) in [6.45, 7) is 0.913. The average molecular weight is 240 g/mol. The van der Waals surface area contributed by atoms with E-state index in [1.54, 1.807) is 6.20 Å². The van der Waals surface area contributed by atoms with E-state index in [0.717, 1.165) is 12.4 Å². The van der Waals surface area contributed by atoms with Crippen molar-refractivity contribution in [1.29, 1.82) is 0 Å². The van der Waals surface area contributed by atoms with E-state index >= 15 is 0 Å². The lowest BCUT2D eigenvalue weighted by Gasteiger charge is -2.47. The summed E-state index contributed by atoms with van der Waals surface area (Å²) in [4.78, 5) is 6.54. The zero-order valence-electron chi connectivity index (χ0n) is 9.83. The summed E-state index contributed by atoms with van der Waals surface area (Å²) in [5, 5.41) is 4.04. The van der Waals surface area contributed by atoms with Crippen molar-refractivity contribution in [2.24, 2.45) is 0 Å². The third-order valence-corrected chi connectivity index (χ3v) is 3.88. The van der Waals surface area contributed by atoms with Crippen molar-refractivity contribution in [2.75, 3.05) is 26.0 Å². The van der Waals surface area contributed by atoms with E-state index in [2.05, 4.69) is 29.3 Å². The smallest absolute Gasteiger partial charge is 0.144 e. The molecule has 1 aliphatic carbocycles. The number of hydrogen-bond acceptors (Lipinski definition) is 3. The highest BCUT2D eigenvalue weighted by molar-refractivity contribution is 6.32. The largest absolute Gasteiger partial charge is 0.367 e. The van der Waals surface area contributed by atoms with Gasteiger partial charge in [-0.25, -0.2) is 4.98 Å². The molecule has 1 aliphatic rings. The van der Waals surface area contributed by atoms with Gasteiger partial charge in [0, 0.05) is 18.3 Å². The van der Waals surface area contributed by atoms with Crippen molar-refractivity contribution >= 4 is 17.4 Å². The summed E-state index contributed by atoms with van der Waals surface area (Å²) >= 11 is 6.06. The van der Waals surface area contributed by atoms with Gasteiger partial charge in [-0.3, -0.25) is 0 Å². The molecule has 1 aromatic rings. The Morgan fingerprint density at radius 1 is 1.50 bits per heavy atom. The maximum Gasteiger partial charge on any atom is 0.144 e. The van der Waals surface area contributed by atoms with Gasteiger partial charge in [0.15, 0.2) is 0 Å². The van der Waals surface area contributed by atoms with Crippen molar-refractivity contribution in [2.45, 2.75) is 24.8 Å². The Morgan fingerprint density at radius 3 is 2.75 bits per heavy atom. The summed E-state index contributed by atoms with van der Waals surface area (Å²) in [5.41, 5.74) is 0.293. The van der Waals surface area contributed by atoms with Gasteiger partial charge in [0.25, 0.3) is 0 Å². The number of anilines is 1. The van der Waals surface area contributed by atoms with E-state index < -0.39 is 0 Å². The second kappa shape index (κ2) is 4.60. The fourth-order valence-electron chi connectivity index (χ4n) is 2.13. The van der Waals surface area contributed by atoms with E-state index in [9.17, 15) is 0 Å². The second-order valence-electron chi connectivity index (χ2n) is 4.66. The molecule has 1 N–H and O–H groups in total. The molecule has 0 unspecified atom stereocenters. The molecule has 16 heavy (non-hydrogen) atoms. The van der Waals surface area contributed by atoms with Crippen LogP contribution in [0.1, 0.15) is 19.3 Å². The van der Waals surface area contributed by atoms with Crippen molar-refractivity contribution in [3.05, 3.63) is 23.4 Å². The number of aromatic nitrogens is 1. The number of hydrogen-bond donors (Lipinski definition) is 1. The number of likely N-dealkylation sites (N-methyl/N-ethyl adjacent to an activating group) is 1. The van der Waals surface area contributed by atoms with E-state index in [0.29, 0.717) is 10.6 Å². The predicted octanol–water partition coefficient (Wildman–Crippen LogP) is 2.63. The minimum atomic E-state index is 0.293. The molecular formula is C12H18ClN3. The fraction of sp³-hybridized carbons (Fsp3) is 0.583. The van der Waals surface area contributed by atoms with Gasteiger partial charge in [0.1, 0.15) is 5.82 Å². The minimum Gasteiger partial charge on any atom is -0.367 e.